The van der Waals surface area contributed by atoms with E-state index in [0.717, 1.165) is 0 Å². The smallest absolute Gasteiger partial charge is 0.336 e. The molecule has 0 unspecified atom stereocenters. The lowest BCUT2D eigenvalue weighted by Gasteiger charge is -2.31. The topological polar surface area (TPSA) is 126 Å². The van der Waals surface area contributed by atoms with E-state index in [-0.39, 0.29) is 30.3 Å². The van der Waals surface area contributed by atoms with Crippen LogP contribution in [0.1, 0.15) is 32.3 Å². The van der Waals surface area contributed by atoms with Crippen LogP contribution in [-0.4, -0.2) is 44.5 Å². The molecule has 0 amide bonds. The zero-order valence-electron chi connectivity index (χ0n) is 18.1. The molecule has 1 aromatic rings. The standard InChI is InChI=1S/C21H26N2O8/c1-12(11-31-23(26)27)10-30-16-9-7-6-8-15(16)19-17(20(24)28-4)13(2)22-14(3)18(19)21(25)29-5/h6-9,12,19,22H,10-11H2,1-5H3/t12-/m1/s1. The van der Waals surface area contributed by atoms with E-state index in [1.165, 1.54) is 14.2 Å². The third kappa shape index (κ3) is 5.53. The van der Waals surface area contributed by atoms with Crippen molar-refractivity contribution in [2.45, 2.75) is 26.7 Å². The number of nitrogens with zero attached hydrogens (tertiary/aromatic N) is 1. The fourth-order valence-electron chi connectivity index (χ4n) is 3.38. The first-order valence-electron chi connectivity index (χ1n) is 9.55. The summed E-state index contributed by atoms with van der Waals surface area (Å²) < 4.78 is 15.8. The highest BCUT2D eigenvalue weighted by molar-refractivity contribution is 6.00. The SMILES string of the molecule is COC(=O)C1=C(C)NC(C)=C(C(=O)OC)C1c1ccccc1OC[C@@H](C)CO[N+](=O)[O-]. The first-order valence-corrected chi connectivity index (χ1v) is 9.55. The number of carbonyl (C=O) groups is 2. The third-order valence-corrected chi connectivity index (χ3v) is 4.79. The average molecular weight is 434 g/mol. The molecule has 1 aromatic carbocycles. The van der Waals surface area contributed by atoms with Crippen molar-refractivity contribution in [3.05, 3.63) is 62.5 Å². The molecule has 0 aromatic heterocycles. The van der Waals surface area contributed by atoms with E-state index in [1.807, 2.05) is 0 Å². The number of ether oxygens (including phenoxy) is 3. The van der Waals surface area contributed by atoms with Crippen LogP contribution in [0.5, 0.6) is 5.75 Å². The summed E-state index contributed by atoms with van der Waals surface area (Å²) >= 11 is 0. The number of nitrogens with one attached hydrogen (secondary N) is 1. The molecule has 2 rings (SSSR count). The predicted octanol–water partition coefficient (Wildman–Crippen LogP) is 2.49. The number of esters is 2. The van der Waals surface area contributed by atoms with Crippen LogP contribution in [0.15, 0.2) is 46.8 Å². The number of benzene rings is 1. The summed E-state index contributed by atoms with van der Waals surface area (Å²) in [6.07, 6.45) is 0. The Balaban J connectivity index is 2.48. The number of allylic oxidation sites excluding steroid dienone is 2. The molecular weight excluding hydrogens is 408 g/mol. The Bertz CT molecular complexity index is 884. The lowest BCUT2D eigenvalue weighted by Crippen LogP contribution is -2.32. The minimum atomic E-state index is -0.855. The molecule has 0 aliphatic carbocycles. The van der Waals surface area contributed by atoms with Crippen LogP contribution < -0.4 is 10.1 Å². The number of hydrogen-bond donors (Lipinski definition) is 1. The highest BCUT2D eigenvalue weighted by atomic mass is 16.9. The molecule has 168 valence electrons. The molecule has 1 heterocycles. The van der Waals surface area contributed by atoms with Crippen LogP contribution in [0.4, 0.5) is 0 Å². The number of para-hydroxylation sites is 1. The summed E-state index contributed by atoms with van der Waals surface area (Å²) in [6, 6.07) is 6.96. The molecule has 1 aliphatic heterocycles. The fourth-order valence-corrected chi connectivity index (χ4v) is 3.38. The molecule has 1 N–H and O–H groups in total. The van der Waals surface area contributed by atoms with Gasteiger partial charge in [0.15, 0.2) is 0 Å². The normalized spacial score (nSPS) is 15.1. The van der Waals surface area contributed by atoms with Gasteiger partial charge < -0.3 is 24.4 Å². The molecule has 10 nitrogen and oxygen atoms in total. The zero-order valence-corrected chi connectivity index (χ0v) is 18.1. The van der Waals surface area contributed by atoms with Gasteiger partial charge in [0.2, 0.25) is 0 Å². The van der Waals surface area contributed by atoms with E-state index >= 15 is 0 Å². The second kappa shape index (κ2) is 10.5. The van der Waals surface area contributed by atoms with Crippen molar-refractivity contribution in [1.82, 2.24) is 5.32 Å². The summed E-state index contributed by atoms with van der Waals surface area (Å²) in [6.45, 7) is 5.18. The highest BCUT2D eigenvalue weighted by Gasteiger charge is 2.39. The Kier molecular flexibility index (Phi) is 8.00. The third-order valence-electron chi connectivity index (χ3n) is 4.79. The number of methoxy groups -OCH3 is 2. The number of dihydropyridines is 1. The summed E-state index contributed by atoms with van der Waals surface area (Å²) in [4.78, 5) is 40.1. The van der Waals surface area contributed by atoms with Gasteiger partial charge in [-0.05, 0) is 19.9 Å². The quantitative estimate of drug-likeness (QED) is 0.354. The second-order valence-electron chi connectivity index (χ2n) is 7.09. The minimum Gasteiger partial charge on any atom is -0.493 e. The summed E-state index contributed by atoms with van der Waals surface area (Å²) in [5.74, 6) is -1.83. The van der Waals surface area contributed by atoms with Crippen LogP contribution >= 0.6 is 0 Å². The number of carbonyl (C=O) groups excluding carboxylic acids is 2. The van der Waals surface area contributed by atoms with Crippen LogP contribution in [-0.2, 0) is 23.9 Å². The van der Waals surface area contributed by atoms with E-state index in [9.17, 15) is 19.7 Å². The van der Waals surface area contributed by atoms with Crippen molar-refractivity contribution in [1.29, 1.82) is 0 Å². The van der Waals surface area contributed by atoms with Crippen molar-refractivity contribution in [2.24, 2.45) is 5.92 Å². The maximum Gasteiger partial charge on any atom is 0.336 e. The zero-order chi connectivity index (χ0) is 23.1. The second-order valence-corrected chi connectivity index (χ2v) is 7.09. The molecular formula is C21H26N2O8. The van der Waals surface area contributed by atoms with Crippen molar-refractivity contribution in [3.8, 4) is 5.75 Å². The molecule has 1 atom stereocenters. The van der Waals surface area contributed by atoms with Gasteiger partial charge in [0.25, 0.3) is 5.09 Å². The Morgan fingerprint density at radius 1 is 1.06 bits per heavy atom. The maximum atomic E-state index is 12.6. The molecule has 0 spiro atoms. The summed E-state index contributed by atoms with van der Waals surface area (Å²) in [7, 11) is 2.53. The van der Waals surface area contributed by atoms with Crippen LogP contribution in [0.25, 0.3) is 0 Å². The van der Waals surface area contributed by atoms with Crippen molar-refractivity contribution in [2.75, 3.05) is 27.4 Å². The predicted molar refractivity (Wildman–Crippen MR) is 109 cm³/mol. The average Bonchev–Trinajstić information content (AvgIpc) is 2.74. The van der Waals surface area contributed by atoms with Gasteiger partial charge in [0.05, 0.1) is 37.9 Å². The van der Waals surface area contributed by atoms with Crippen molar-refractivity contribution >= 4 is 11.9 Å². The van der Waals surface area contributed by atoms with E-state index < -0.39 is 22.9 Å². The van der Waals surface area contributed by atoms with Crippen molar-refractivity contribution in [3.63, 3.8) is 0 Å². The Hall–Kier alpha value is -3.56. The lowest BCUT2D eigenvalue weighted by molar-refractivity contribution is -0.759. The number of hydrogen-bond acceptors (Lipinski definition) is 9. The van der Waals surface area contributed by atoms with Crippen LogP contribution in [0.2, 0.25) is 0 Å². The monoisotopic (exact) mass is 434 g/mol. The summed E-state index contributed by atoms with van der Waals surface area (Å²) in [5.41, 5.74) is 2.17. The molecule has 0 saturated heterocycles. The van der Waals surface area contributed by atoms with E-state index in [4.69, 9.17) is 14.2 Å². The molecule has 0 bridgehead atoms. The van der Waals surface area contributed by atoms with Crippen LogP contribution in [0.3, 0.4) is 0 Å². The first kappa shape index (κ1) is 23.7. The van der Waals surface area contributed by atoms with Gasteiger partial charge in [-0.3, -0.25) is 0 Å². The van der Waals surface area contributed by atoms with E-state index in [0.29, 0.717) is 22.7 Å². The Morgan fingerprint density at radius 3 is 2.13 bits per heavy atom. The Morgan fingerprint density at radius 2 is 1.61 bits per heavy atom. The molecule has 1 aliphatic rings. The lowest BCUT2D eigenvalue weighted by atomic mass is 9.80. The van der Waals surface area contributed by atoms with Gasteiger partial charge in [-0.1, -0.05) is 25.1 Å². The first-order chi connectivity index (χ1) is 14.7. The van der Waals surface area contributed by atoms with Gasteiger partial charge in [-0.25, -0.2) is 9.59 Å². The van der Waals surface area contributed by atoms with Crippen molar-refractivity contribution < 1.29 is 33.7 Å². The number of rotatable bonds is 9. The van der Waals surface area contributed by atoms with Gasteiger partial charge >= 0.3 is 11.9 Å². The molecule has 0 fully saturated rings. The van der Waals surface area contributed by atoms with Gasteiger partial charge in [-0.2, -0.15) is 0 Å². The van der Waals surface area contributed by atoms with Gasteiger partial charge in [0, 0.05) is 22.9 Å². The van der Waals surface area contributed by atoms with E-state index in [1.54, 1.807) is 45.0 Å². The highest BCUT2D eigenvalue weighted by Crippen LogP contribution is 2.42. The van der Waals surface area contributed by atoms with Gasteiger partial charge in [0.1, 0.15) is 12.4 Å². The molecule has 31 heavy (non-hydrogen) atoms. The van der Waals surface area contributed by atoms with Gasteiger partial charge in [-0.15, -0.1) is 10.1 Å². The minimum absolute atomic E-state index is 0.124. The molecule has 0 radical (unpaired) electrons. The maximum absolute atomic E-state index is 12.6. The largest absolute Gasteiger partial charge is 0.493 e. The summed E-state index contributed by atoms with van der Waals surface area (Å²) in [5, 5.41) is 12.6. The molecule has 0 saturated carbocycles. The fraction of sp³-hybridized carbons (Fsp3) is 0.429. The van der Waals surface area contributed by atoms with Crippen LogP contribution in [0, 0.1) is 16.0 Å². The molecule has 10 heteroatoms. The Labute approximate surface area is 179 Å². The van der Waals surface area contributed by atoms with E-state index in [2.05, 4.69) is 10.2 Å².